The third kappa shape index (κ3) is 3.53. The number of aryl methyl sites for hydroxylation is 1. The molecule has 3 aliphatic rings. The number of aromatic nitrogens is 3. The summed E-state index contributed by atoms with van der Waals surface area (Å²) in [4.78, 5) is 9.80. The van der Waals surface area contributed by atoms with Gasteiger partial charge >= 0.3 is 0 Å². The van der Waals surface area contributed by atoms with Gasteiger partial charge in [-0.05, 0) is 62.1 Å². The van der Waals surface area contributed by atoms with Gasteiger partial charge in [0.15, 0.2) is 5.84 Å². The van der Waals surface area contributed by atoms with Gasteiger partial charge in [-0.1, -0.05) is 11.2 Å². The second kappa shape index (κ2) is 7.85. The number of oxime groups is 1. The van der Waals surface area contributed by atoms with Crippen molar-refractivity contribution in [2.24, 2.45) is 5.16 Å². The summed E-state index contributed by atoms with van der Waals surface area (Å²) >= 11 is 0. The van der Waals surface area contributed by atoms with E-state index in [0.717, 1.165) is 28.1 Å². The lowest BCUT2D eigenvalue weighted by Gasteiger charge is -2.40. The van der Waals surface area contributed by atoms with Crippen molar-refractivity contribution in [2.75, 3.05) is 7.11 Å². The number of benzene rings is 2. The van der Waals surface area contributed by atoms with E-state index >= 15 is 0 Å². The predicted molar refractivity (Wildman–Crippen MR) is 130 cm³/mol. The van der Waals surface area contributed by atoms with Gasteiger partial charge in [-0.25, -0.2) is 31.2 Å². The SMILES string of the molecule is COc1cc(C=C2CC3(CC3)S(=O)(=O)N3C2=NOC3(C)c2cc(F)cc(F)c2)ccc1-n1cnc(C)n1. The van der Waals surface area contributed by atoms with Crippen LogP contribution in [0.25, 0.3) is 11.8 Å². The Morgan fingerprint density at radius 3 is 2.49 bits per heavy atom. The van der Waals surface area contributed by atoms with E-state index in [1.165, 1.54) is 6.92 Å². The highest BCUT2D eigenvalue weighted by atomic mass is 32.2. The number of halogens is 2. The molecule has 2 aliphatic heterocycles. The normalized spacial score (nSPS) is 24.1. The van der Waals surface area contributed by atoms with Crippen LogP contribution in [0.4, 0.5) is 8.78 Å². The number of sulfonamides is 1. The molecule has 2 fully saturated rings. The van der Waals surface area contributed by atoms with Gasteiger partial charge in [0, 0.05) is 24.1 Å². The monoisotopic (exact) mass is 527 g/mol. The largest absolute Gasteiger partial charge is 0.494 e. The van der Waals surface area contributed by atoms with Crippen LogP contribution in [0.2, 0.25) is 0 Å². The van der Waals surface area contributed by atoms with Gasteiger partial charge in [-0.15, -0.1) is 0 Å². The highest BCUT2D eigenvalue weighted by Gasteiger charge is 2.67. The molecule has 1 saturated heterocycles. The lowest BCUT2D eigenvalue weighted by molar-refractivity contribution is -0.0616. The molecule has 3 aromatic rings. The zero-order chi connectivity index (χ0) is 26.2. The molecule has 0 bridgehead atoms. The Morgan fingerprint density at radius 2 is 1.86 bits per heavy atom. The third-order valence-electron chi connectivity index (χ3n) is 7.08. The number of nitrogens with zero attached hydrogens (tertiary/aromatic N) is 5. The molecule has 9 nitrogen and oxygen atoms in total. The molecule has 1 aliphatic carbocycles. The molecule has 192 valence electrons. The lowest BCUT2D eigenvalue weighted by atomic mass is 10.00. The first kappa shape index (κ1) is 23.6. The van der Waals surface area contributed by atoms with Gasteiger partial charge in [-0.2, -0.15) is 5.10 Å². The molecule has 1 unspecified atom stereocenters. The molecule has 1 atom stereocenters. The summed E-state index contributed by atoms with van der Waals surface area (Å²) in [5.74, 6) is -0.416. The molecule has 3 heterocycles. The van der Waals surface area contributed by atoms with Crippen molar-refractivity contribution in [3.63, 3.8) is 0 Å². The fourth-order valence-corrected chi connectivity index (χ4v) is 7.29. The Bertz CT molecular complexity index is 1590. The number of hydrogen-bond donors (Lipinski definition) is 0. The minimum absolute atomic E-state index is 0.0125. The summed E-state index contributed by atoms with van der Waals surface area (Å²) in [5.41, 5.74) is 0.353. The van der Waals surface area contributed by atoms with Crippen LogP contribution in [0.15, 0.2) is 53.5 Å². The standard InChI is InChI=1S/C25H23F2N5O4S/c1-15-28-14-31(29-15)21-5-4-16(9-22(21)35-3)8-17-13-25(6-7-25)37(33,34)32-23(17)30-36-24(32,2)18-10-19(26)12-20(27)11-18/h4-5,8-12,14H,6-7,13H2,1-3H3. The first-order chi connectivity index (χ1) is 17.6. The van der Waals surface area contributed by atoms with Crippen LogP contribution in [-0.2, 0) is 20.6 Å². The fourth-order valence-electron chi connectivity index (χ4n) is 4.97. The summed E-state index contributed by atoms with van der Waals surface area (Å²) in [6.45, 7) is 3.24. The van der Waals surface area contributed by atoms with E-state index in [1.807, 2.05) is 24.3 Å². The summed E-state index contributed by atoms with van der Waals surface area (Å²) in [6, 6.07) is 8.33. The Morgan fingerprint density at radius 1 is 1.14 bits per heavy atom. The predicted octanol–water partition coefficient (Wildman–Crippen LogP) is 4.03. The van der Waals surface area contributed by atoms with Crippen molar-refractivity contribution in [3.8, 4) is 11.4 Å². The van der Waals surface area contributed by atoms with Gasteiger partial charge in [-0.3, -0.25) is 0 Å². The third-order valence-corrected chi connectivity index (χ3v) is 9.73. The van der Waals surface area contributed by atoms with Gasteiger partial charge in [0.1, 0.15) is 35.2 Å². The number of methoxy groups -OCH3 is 1. The molecule has 1 spiro atoms. The summed E-state index contributed by atoms with van der Waals surface area (Å²) in [7, 11) is -2.39. The zero-order valence-corrected chi connectivity index (χ0v) is 21.1. The average Bonchev–Trinajstić information content (AvgIpc) is 3.35. The Balaban J connectivity index is 1.44. The van der Waals surface area contributed by atoms with Crippen molar-refractivity contribution in [1.82, 2.24) is 19.1 Å². The molecule has 1 saturated carbocycles. The second-order valence-electron chi connectivity index (χ2n) is 9.61. The summed E-state index contributed by atoms with van der Waals surface area (Å²) in [6.07, 6.45) is 4.61. The molecule has 0 amide bonds. The number of fused-ring (bicyclic) bond motifs is 1. The van der Waals surface area contributed by atoms with Crippen molar-refractivity contribution in [3.05, 3.63) is 76.9 Å². The zero-order valence-electron chi connectivity index (χ0n) is 20.3. The van der Waals surface area contributed by atoms with Crippen LogP contribution in [0, 0.1) is 18.6 Å². The molecule has 12 heteroatoms. The molecular weight excluding hydrogens is 504 g/mol. The topological polar surface area (TPSA) is 98.9 Å². The van der Waals surface area contributed by atoms with E-state index in [1.54, 1.807) is 25.0 Å². The Labute approximate surface area is 212 Å². The molecule has 6 rings (SSSR count). The molecule has 0 N–H and O–H groups in total. The molecule has 2 aromatic carbocycles. The number of amidine groups is 1. The maximum absolute atomic E-state index is 14.1. The van der Waals surface area contributed by atoms with Crippen LogP contribution in [0.3, 0.4) is 0 Å². The van der Waals surface area contributed by atoms with Crippen LogP contribution in [-0.4, -0.2) is 45.2 Å². The van der Waals surface area contributed by atoms with E-state index in [4.69, 9.17) is 9.57 Å². The first-order valence-electron chi connectivity index (χ1n) is 11.6. The van der Waals surface area contributed by atoms with Crippen LogP contribution < -0.4 is 4.74 Å². The maximum Gasteiger partial charge on any atom is 0.247 e. The lowest BCUT2D eigenvalue weighted by Crippen LogP contribution is -2.55. The minimum Gasteiger partial charge on any atom is -0.494 e. The summed E-state index contributed by atoms with van der Waals surface area (Å²) < 4.78 is 62.9. The second-order valence-corrected chi connectivity index (χ2v) is 11.8. The van der Waals surface area contributed by atoms with Gasteiger partial charge in [0.05, 0.1) is 11.9 Å². The highest BCUT2D eigenvalue weighted by Crippen LogP contribution is 2.57. The van der Waals surface area contributed by atoms with E-state index in [-0.39, 0.29) is 17.8 Å². The Hall–Kier alpha value is -3.80. The number of rotatable bonds is 4. The molecular formula is C25H23F2N5O4S. The van der Waals surface area contributed by atoms with Crippen molar-refractivity contribution in [1.29, 1.82) is 0 Å². The smallest absolute Gasteiger partial charge is 0.247 e. The first-order valence-corrected chi connectivity index (χ1v) is 13.1. The molecule has 37 heavy (non-hydrogen) atoms. The maximum atomic E-state index is 14.1. The number of ether oxygens (including phenoxy) is 1. The minimum atomic E-state index is -3.94. The van der Waals surface area contributed by atoms with Gasteiger partial charge in [0.2, 0.25) is 15.7 Å². The highest BCUT2D eigenvalue weighted by molar-refractivity contribution is 7.91. The van der Waals surface area contributed by atoms with E-state index in [0.29, 0.717) is 35.7 Å². The Kier molecular flexibility index (Phi) is 5.00. The number of hydrogen-bond acceptors (Lipinski definition) is 7. The van der Waals surface area contributed by atoms with E-state index in [2.05, 4.69) is 15.2 Å². The van der Waals surface area contributed by atoms with Crippen molar-refractivity contribution in [2.45, 2.75) is 43.6 Å². The quantitative estimate of drug-likeness (QED) is 0.508. The molecule has 1 aromatic heterocycles. The summed E-state index contributed by atoms with van der Waals surface area (Å²) in [5, 5.41) is 8.45. The molecule has 0 radical (unpaired) electrons. The van der Waals surface area contributed by atoms with Crippen molar-refractivity contribution < 1.29 is 26.8 Å². The van der Waals surface area contributed by atoms with E-state index < -0.39 is 32.1 Å². The van der Waals surface area contributed by atoms with Crippen LogP contribution in [0.5, 0.6) is 5.75 Å². The van der Waals surface area contributed by atoms with Crippen molar-refractivity contribution >= 4 is 21.9 Å². The van der Waals surface area contributed by atoms with Gasteiger partial charge in [0.25, 0.3) is 0 Å². The van der Waals surface area contributed by atoms with E-state index in [9.17, 15) is 17.2 Å². The van der Waals surface area contributed by atoms with Crippen LogP contribution in [0.1, 0.15) is 43.1 Å². The van der Waals surface area contributed by atoms with Crippen LogP contribution >= 0.6 is 0 Å². The van der Waals surface area contributed by atoms with Gasteiger partial charge < -0.3 is 9.57 Å². The average molecular weight is 528 g/mol. The fraction of sp³-hybridized carbons (Fsp3) is 0.320.